The number of aromatic nitrogens is 3. The first-order chi connectivity index (χ1) is 9.92. The van der Waals surface area contributed by atoms with Crippen molar-refractivity contribution in [2.75, 3.05) is 20.1 Å². The smallest absolute Gasteiger partial charge is 0.320 e. The predicted molar refractivity (Wildman–Crippen MR) is 72.9 cm³/mol. The lowest BCUT2D eigenvalue weighted by Gasteiger charge is -2.20. The number of aryl methyl sites for hydroxylation is 1. The zero-order chi connectivity index (χ0) is 15.6. The molecule has 3 heterocycles. The van der Waals surface area contributed by atoms with Crippen molar-refractivity contribution < 1.29 is 14.7 Å². The molecule has 1 unspecified atom stereocenters. The van der Waals surface area contributed by atoms with Crippen molar-refractivity contribution in [3.05, 3.63) is 18.0 Å². The monoisotopic (exact) mass is 292 g/mol. The number of carboxylic acid groups (broad SMARTS) is 1. The molecule has 0 N–H and O–H groups in total. The van der Waals surface area contributed by atoms with Crippen molar-refractivity contribution in [1.82, 2.24) is 24.8 Å². The highest BCUT2D eigenvalue weighted by molar-refractivity contribution is 5.80. The van der Waals surface area contributed by atoms with Crippen LogP contribution in [0.25, 0.3) is 5.70 Å². The van der Waals surface area contributed by atoms with Crippen LogP contribution in [0, 0.1) is 0 Å². The summed E-state index contributed by atoms with van der Waals surface area (Å²) in [5.74, 6) is -1.08. The lowest BCUT2D eigenvalue weighted by molar-refractivity contribution is -0.302. The number of urea groups is 1. The highest BCUT2D eigenvalue weighted by Crippen LogP contribution is 2.24. The van der Waals surface area contributed by atoms with E-state index in [0.717, 1.165) is 31.3 Å². The average molecular weight is 292 g/mol. The van der Waals surface area contributed by atoms with Gasteiger partial charge in [0.2, 0.25) is 0 Å². The Kier molecular flexibility index (Phi) is 4.25. The molecule has 21 heavy (non-hydrogen) atoms. The van der Waals surface area contributed by atoms with Gasteiger partial charge < -0.3 is 19.7 Å². The van der Waals surface area contributed by atoms with E-state index in [1.54, 1.807) is 9.58 Å². The molecule has 1 aromatic heterocycles. The number of aliphatic carboxylic acids is 1. The molecule has 0 spiro atoms. The summed E-state index contributed by atoms with van der Waals surface area (Å²) < 4.78 is 1.78. The van der Waals surface area contributed by atoms with E-state index < -0.39 is 5.97 Å². The maximum atomic E-state index is 11.8. The van der Waals surface area contributed by atoms with Crippen LogP contribution < -0.4 is 5.11 Å². The first-order valence-electron chi connectivity index (χ1n) is 6.74. The van der Waals surface area contributed by atoms with Crippen molar-refractivity contribution in [3.8, 4) is 0 Å². The quantitative estimate of drug-likeness (QED) is 0.710. The summed E-state index contributed by atoms with van der Waals surface area (Å²) in [5, 5.41) is 17.1. The molecule has 114 valence electrons. The summed E-state index contributed by atoms with van der Waals surface area (Å²) in [7, 11) is 1.84. The minimum absolute atomic E-state index is 0.0945. The molecule has 1 atom stereocenters. The molecule has 0 aromatic carbocycles. The van der Waals surface area contributed by atoms with Gasteiger partial charge in [0, 0.05) is 19.6 Å². The number of rotatable bonds is 2. The van der Waals surface area contributed by atoms with Crippen LogP contribution in [0.2, 0.25) is 0 Å². The minimum atomic E-state index is -1.08. The largest absolute Gasteiger partial charge is 0.550 e. The predicted octanol–water partition coefficient (Wildman–Crippen LogP) is -0.813. The maximum absolute atomic E-state index is 11.8. The fourth-order valence-electron chi connectivity index (χ4n) is 2.31. The van der Waals surface area contributed by atoms with Crippen LogP contribution in [0.15, 0.2) is 12.3 Å². The van der Waals surface area contributed by atoms with Gasteiger partial charge in [-0.15, -0.1) is 5.10 Å². The summed E-state index contributed by atoms with van der Waals surface area (Å²) in [6.07, 6.45) is 4.91. The Balaban J connectivity index is 0.000000361. The van der Waals surface area contributed by atoms with Gasteiger partial charge in [-0.3, -0.25) is 0 Å². The normalized spacial score (nSPS) is 20.0. The van der Waals surface area contributed by atoms with Crippen LogP contribution in [-0.4, -0.2) is 63.0 Å². The third kappa shape index (κ3) is 3.21. The Morgan fingerprint density at radius 2 is 2.19 bits per heavy atom. The van der Waals surface area contributed by atoms with Crippen LogP contribution >= 0.6 is 0 Å². The van der Waals surface area contributed by atoms with E-state index in [0.29, 0.717) is 6.54 Å². The topological polar surface area (TPSA) is 94.4 Å². The molecular formula is C13H18N5O3-. The Bertz CT molecular complexity index is 576. The molecule has 1 fully saturated rings. The third-order valence-electron chi connectivity index (χ3n) is 3.41. The molecule has 1 saturated heterocycles. The molecule has 0 aliphatic carbocycles. The molecule has 3 rings (SSSR count). The maximum Gasteiger partial charge on any atom is 0.320 e. The standard InChI is InChI=1S/C11H15N5O.C2H4O2/c1-3-8-5-16(13-12-8)10-4-9-6-15(7-10)11(17)14(9)2;1-2(3)4/h4-5,9H,3,6-7H2,1-2H3;1H3,(H,3,4)/p-1. The van der Waals surface area contributed by atoms with Crippen LogP contribution in [0.3, 0.4) is 0 Å². The number of hydrogen-bond donors (Lipinski definition) is 0. The lowest BCUT2D eigenvalue weighted by atomic mass is 10.2. The zero-order valence-corrected chi connectivity index (χ0v) is 12.3. The number of carboxylic acids is 1. The van der Waals surface area contributed by atoms with Gasteiger partial charge in [0.05, 0.1) is 30.2 Å². The molecule has 8 nitrogen and oxygen atoms in total. The third-order valence-corrected chi connectivity index (χ3v) is 3.41. The Morgan fingerprint density at radius 3 is 2.71 bits per heavy atom. The molecule has 2 amide bonds. The molecule has 8 heteroatoms. The molecule has 2 aliphatic rings. The first-order valence-corrected chi connectivity index (χ1v) is 6.74. The molecule has 1 aromatic rings. The molecule has 0 saturated carbocycles. The lowest BCUT2D eigenvalue weighted by Crippen LogP contribution is -2.31. The van der Waals surface area contributed by atoms with Gasteiger partial charge in [-0.1, -0.05) is 12.1 Å². The van der Waals surface area contributed by atoms with E-state index in [1.165, 1.54) is 0 Å². The van der Waals surface area contributed by atoms with E-state index in [2.05, 4.69) is 16.4 Å². The van der Waals surface area contributed by atoms with Crippen molar-refractivity contribution in [3.63, 3.8) is 0 Å². The van der Waals surface area contributed by atoms with Gasteiger partial charge in [-0.25, -0.2) is 9.48 Å². The second kappa shape index (κ2) is 5.94. The minimum Gasteiger partial charge on any atom is -0.550 e. The van der Waals surface area contributed by atoms with E-state index in [9.17, 15) is 4.79 Å². The van der Waals surface area contributed by atoms with Gasteiger partial charge in [0.15, 0.2) is 0 Å². The summed E-state index contributed by atoms with van der Waals surface area (Å²) in [6.45, 7) is 4.43. The van der Waals surface area contributed by atoms with Crippen molar-refractivity contribution >= 4 is 17.7 Å². The Morgan fingerprint density at radius 1 is 1.52 bits per heavy atom. The zero-order valence-electron chi connectivity index (χ0n) is 12.3. The van der Waals surface area contributed by atoms with Gasteiger partial charge in [0.25, 0.3) is 0 Å². The van der Waals surface area contributed by atoms with Crippen LogP contribution in [0.1, 0.15) is 19.5 Å². The van der Waals surface area contributed by atoms with Crippen LogP contribution in [0.5, 0.6) is 0 Å². The molecule has 2 aliphatic heterocycles. The van der Waals surface area contributed by atoms with E-state index in [4.69, 9.17) is 9.90 Å². The SMILES string of the molecule is CC(=O)[O-].CCc1cn(C2=CC3CN(C2)C(=O)N3C)nn1. The average Bonchev–Trinajstić information content (AvgIpc) is 2.99. The van der Waals surface area contributed by atoms with E-state index >= 15 is 0 Å². The van der Waals surface area contributed by atoms with Crippen molar-refractivity contribution in [1.29, 1.82) is 0 Å². The summed E-state index contributed by atoms with van der Waals surface area (Å²) in [6, 6.07) is 0.262. The van der Waals surface area contributed by atoms with Gasteiger partial charge in [-0.2, -0.15) is 0 Å². The second-order valence-electron chi connectivity index (χ2n) is 5.00. The number of hydrogen-bond acceptors (Lipinski definition) is 5. The van der Waals surface area contributed by atoms with Crippen molar-refractivity contribution in [2.45, 2.75) is 26.3 Å². The number of likely N-dealkylation sites (N-methyl/N-ethyl adjacent to an activating group) is 1. The Hall–Kier alpha value is -2.38. The summed E-state index contributed by atoms with van der Waals surface area (Å²) in [4.78, 5) is 24.3. The first kappa shape index (κ1) is 15.0. The summed E-state index contributed by atoms with van der Waals surface area (Å²) >= 11 is 0. The fraction of sp³-hybridized carbons (Fsp3) is 0.538. The van der Waals surface area contributed by atoms with Crippen LogP contribution in [-0.2, 0) is 11.2 Å². The number of fused-ring (bicyclic) bond motifs is 2. The highest BCUT2D eigenvalue weighted by Gasteiger charge is 2.37. The molecular weight excluding hydrogens is 274 g/mol. The fourth-order valence-corrected chi connectivity index (χ4v) is 2.31. The van der Waals surface area contributed by atoms with Gasteiger partial charge in [0.1, 0.15) is 0 Å². The Labute approximate surface area is 122 Å². The second-order valence-corrected chi connectivity index (χ2v) is 5.00. The van der Waals surface area contributed by atoms with Crippen molar-refractivity contribution in [2.24, 2.45) is 0 Å². The number of nitrogens with zero attached hydrogens (tertiary/aromatic N) is 5. The number of carbonyl (C=O) groups excluding carboxylic acids is 2. The summed E-state index contributed by atoms with van der Waals surface area (Å²) in [5.41, 5.74) is 2.00. The van der Waals surface area contributed by atoms with Gasteiger partial charge >= 0.3 is 6.03 Å². The highest BCUT2D eigenvalue weighted by atomic mass is 16.4. The number of amides is 2. The van der Waals surface area contributed by atoms with E-state index in [1.807, 2.05) is 25.1 Å². The van der Waals surface area contributed by atoms with Gasteiger partial charge in [-0.05, 0) is 19.4 Å². The molecule has 0 radical (unpaired) electrons. The van der Waals surface area contributed by atoms with Crippen LogP contribution in [0.4, 0.5) is 4.79 Å². The number of carbonyl (C=O) groups is 2. The van der Waals surface area contributed by atoms with E-state index in [-0.39, 0.29) is 12.1 Å². The molecule has 2 bridgehead atoms.